The van der Waals surface area contributed by atoms with Crippen LogP contribution in [0, 0.1) is 17.8 Å². The SMILES string of the molecule is CN=C(NCCCN1CC(C)CC(C)C1)N(C)CCOCC1CC1. The van der Waals surface area contributed by atoms with Gasteiger partial charge in [-0.25, -0.2) is 0 Å². The molecule has 1 aliphatic heterocycles. The molecule has 1 N–H and O–H groups in total. The lowest BCUT2D eigenvalue weighted by Crippen LogP contribution is -2.43. The molecule has 5 heteroatoms. The smallest absolute Gasteiger partial charge is 0.193 e. The zero-order valence-electron chi connectivity index (χ0n) is 16.3. The predicted molar refractivity (Wildman–Crippen MR) is 102 cm³/mol. The molecular formula is C19H38N4O. The second kappa shape index (κ2) is 10.2. The molecule has 24 heavy (non-hydrogen) atoms. The van der Waals surface area contributed by atoms with E-state index in [1.54, 1.807) is 0 Å². The molecular weight excluding hydrogens is 300 g/mol. The van der Waals surface area contributed by atoms with E-state index in [9.17, 15) is 0 Å². The summed E-state index contributed by atoms with van der Waals surface area (Å²) in [6.07, 6.45) is 5.26. The molecule has 0 aromatic carbocycles. The van der Waals surface area contributed by atoms with E-state index in [2.05, 4.69) is 41.0 Å². The lowest BCUT2D eigenvalue weighted by molar-refractivity contribution is 0.115. The first-order chi connectivity index (χ1) is 11.6. The molecule has 0 aromatic heterocycles. The van der Waals surface area contributed by atoms with Crippen LogP contribution in [0.3, 0.4) is 0 Å². The van der Waals surface area contributed by atoms with Crippen molar-refractivity contribution in [1.29, 1.82) is 0 Å². The average Bonchev–Trinajstić information content (AvgIpc) is 3.35. The minimum absolute atomic E-state index is 0.789. The van der Waals surface area contributed by atoms with E-state index in [1.165, 1.54) is 45.3 Å². The van der Waals surface area contributed by atoms with Crippen LogP contribution in [0.1, 0.15) is 39.5 Å². The van der Waals surface area contributed by atoms with E-state index in [0.29, 0.717) is 0 Å². The minimum Gasteiger partial charge on any atom is -0.379 e. The van der Waals surface area contributed by atoms with Crippen molar-refractivity contribution in [2.45, 2.75) is 39.5 Å². The maximum Gasteiger partial charge on any atom is 0.193 e. The summed E-state index contributed by atoms with van der Waals surface area (Å²) in [5, 5.41) is 3.49. The van der Waals surface area contributed by atoms with Crippen molar-refractivity contribution in [3.63, 3.8) is 0 Å². The highest BCUT2D eigenvalue weighted by atomic mass is 16.5. The first-order valence-electron chi connectivity index (χ1n) is 9.80. The summed E-state index contributed by atoms with van der Waals surface area (Å²) < 4.78 is 5.72. The van der Waals surface area contributed by atoms with Crippen LogP contribution in [0.5, 0.6) is 0 Å². The third-order valence-electron chi connectivity index (χ3n) is 5.07. The fourth-order valence-corrected chi connectivity index (χ4v) is 3.70. The molecule has 1 saturated heterocycles. The molecule has 140 valence electrons. The number of nitrogens with zero attached hydrogens (tertiary/aromatic N) is 3. The number of aliphatic imine (C=N–C) groups is 1. The average molecular weight is 339 g/mol. The first kappa shape index (κ1) is 19.5. The van der Waals surface area contributed by atoms with E-state index in [4.69, 9.17) is 4.74 Å². The molecule has 0 bridgehead atoms. The monoisotopic (exact) mass is 338 g/mol. The molecule has 0 aromatic rings. The lowest BCUT2D eigenvalue weighted by Gasteiger charge is -2.35. The fraction of sp³-hybridized carbons (Fsp3) is 0.947. The molecule has 1 aliphatic carbocycles. The molecule has 2 aliphatic rings. The number of ether oxygens (including phenoxy) is 1. The topological polar surface area (TPSA) is 40.1 Å². The number of nitrogens with one attached hydrogen (secondary N) is 1. The first-order valence-corrected chi connectivity index (χ1v) is 9.80. The summed E-state index contributed by atoms with van der Waals surface area (Å²) in [5.41, 5.74) is 0. The van der Waals surface area contributed by atoms with Crippen LogP contribution in [0.2, 0.25) is 0 Å². The van der Waals surface area contributed by atoms with Crippen molar-refractivity contribution >= 4 is 5.96 Å². The molecule has 0 radical (unpaired) electrons. The van der Waals surface area contributed by atoms with Gasteiger partial charge in [-0.15, -0.1) is 0 Å². The van der Waals surface area contributed by atoms with Gasteiger partial charge in [0.25, 0.3) is 0 Å². The van der Waals surface area contributed by atoms with Crippen LogP contribution in [0.15, 0.2) is 4.99 Å². The standard InChI is InChI=1S/C19H38N4O/c1-16-12-17(2)14-23(13-16)9-5-8-21-19(20-3)22(4)10-11-24-15-18-6-7-18/h16-18H,5-15H2,1-4H3,(H,20,21). The van der Waals surface area contributed by atoms with Crippen LogP contribution in [0.25, 0.3) is 0 Å². The number of rotatable bonds is 9. The van der Waals surface area contributed by atoms with Crippen molar-refractivity contribution in [2.24, 2.45) is 22.7 Å². The molecule has 0 spiro atoms. The van der Waals surface area contributed by atoms with E-state index in [0.717, 1.165) is 50.0 Å². The third kappa shape index (κ3) is 7.39. The zero-order chi connectivity index (χ0) is 17.4. The van der Waals surface area contributed by atoms with E-state index < -0.39 is 0 Å². The fourth-order valence-electron chi connectivity index (χ4n) is 3.70. The molecule has 2 atom stereocenters. The third-order valence-corrected chi connectivity index (χ3v) is 5.07. The Morgan fingerprint density at radius 2 is 1.96 bits per heavy atom. The van der Waals surface area contributed by atoms with Crippen LogP contribution >= 0.6 is 0 Å². The van der Waals surface area contributed by atoms with Gasteiger partial charge in [0, 0.05) is 46.9 Å². The minimum atomic E-state index is 0.789. The molecule has 5 nitrogen and oxygen atoms in total. The molecule has 1 saturated carbocycles. The normalized spacial score (nSPS) is 25.8. The summed E-state index contributed by atoms with van der Waals surface area (Å²) in [6.45, 7) is 12.1. The maximum absolute atomic E-state index is 5.72. The van der Waals surface area contributed by atoms with Crippen molar-refractivity contribution in [3.8, 4) is 0 Å². The second-order valence-electron chi connectivity index (χ2n) is 7.97. The largest absolute Gasteiger partial charge is 0.379 e. The van der Waals surface area contributed by atoms with Gasteiger partial charge in [-0.2, -0.15) is 0 Å². The van der Waals surface area contributed by atoms with Gasteiger partial charge in [-0.05, 0) is 50.0 Å². The zero-order valence-corrected chi connectivity index (χ0v) is 16.3. The highest BCUT2D eigenvalue weighted by molar-refractivity contribution is 5.79. The molecule has 2 unspecified atom stereocenters. The molecule has 2 fully saturated rings. The molecule has 0 amide bonds. The van der Waals surface area contributed by atoms with Gasteiger partial charge >= 0.3 is 0 Å². The highest BCUT2D eigenvalue weighted by Crippen LogP contribution is 2.28. The Morgan fingerprint density at radius 1 is 1.25 bits per heavy atom. The number of guanidine groups is 1. The van der Waals surface area contributed by atoms with Crippen molar-refractivity contribution in [2.75, 3.05) is 60.0 Å². The quantitative estimate of drug-likeness (QED) is 0.398. The Hall–Kier alpha value is -0.810. The van der Waals surface area contributed by atoms with Gasteiger partial charge in [0.1, 0.15) is 0 Å². The van der Waals surface area contributed by atoms with Crippen LogP contribution in [-0.2, 0) is 4.74 Å². The Morgan fingerprint density at radius 3 is 2.58 bits per heavy atom. The Bertz CT molecular complexity index is 374. The van der Waals surface area contributed by atoms with Crippen LogP contribution in [0.4, 0.5) is 0 Å². The predicted octanol–water partition coefficient (Wildman–Crippen LogP) is 2.29. The van der Waals surface area contributed by atoms with Crippen molar-refractivity contribution in [3.05, 3.63) is 0 Å². The summed E-state index contributed by atoms with van der Waals surface area (Å²) in [7, 11) is 3.95. The van der Waals surface area contributed by atoms with E-state index >= 15 is 0 Å². The van der Waals surface area contributed by atoms with Crippen LogP contribution < -0.4 is 5.32 Å². The summed E-state index contributed by atoms with van der Waals surface area (Å²) >= 11 is 0. The van der Waals surface area contributed by atoms with E-state index in [1.807, 2.05) is 7.05 Å². The second-order valence-corrected chi connectivity index (χ2v) is 7.97. The number of likely N-dealkylation sites (tertiary alicyclic amines) is 1. The van der Waals surface area contributed by atoms with Gasteiger partial charge in [0.15, 0.2) is 5.96 Å². The van der Waals surface area contributed by atoms with Gasteiger partial charge < -0.3 is 19.9 Å². The van der Waals surface area contributed by atoms with Crippen molar-refractivity contribution < 1.29 is 4.74 Å². The number of likely N-dealkylation sites (N-methyl/N-ethyl adjacent to an activating group) is 1. The number of piperidine rings is 1. The van der Waals surface area contributed by atoms with Crippen LogP contribution in [-0.4, -0.2) is 75.8 Å². The Balaban J connectivity index is 1.55. The lowest BCUT2D eigenvalue weighted by atomic mass is 9.92. The van der Waals surface area contributed by atoms with E-state index in [-0.39, 0.29) is 0 Å². The molecule has 2 rings (SSSR count). The Labute approximate surface area is 148 Å². The molecule has 1 heterocycles. The maximum atomic E-state index is 5.72. The van der Waals surface area contributed by atoms with Gasteiger partial charge in [-0.1, -0.05) is 13.8 Å². The summed E-state index contributed by atoms with van der Waals surface area (Å²) in [6, 6.07) is 0. The summed E-state index contributed by atoms with van der Waals surface area (Å²) in [5.74, 6) is 3.51. The summed E-state index contributed by atoms with van der Waals surface area (Å²) in [4.78, 5) is 9.17. The van der Waals surface area contributed by atoms with Gasteiger partial charge in [0.2, 0.25) is 0 Å². The van der Waals surface area contributed by atoms with Gasteiger partial charge in [0.05, 0.1) is 6.61 Å². The van der Waals surface area contributed by atoms with Gasteiger partial charge in [-0.3, -0.25) is 4.99 Å². The highest BCUT2D eigenvalue weighted by Gasteiger charge is 2.22. The number of hydrogen-bond acceptors (Lipinski definition) is 3. The Kier molecular flexibility index (Phi) is 8.33. The van der Waals surface area contributed by atoms with Crippen molar-refractivity contribution in [1.82, 2.24) is 15.1 Å². The number of hydrogen-bond donors (Lipinski definition) is 1.